The zero-order valence-corrected chi connectivity index (χ0v) is 12.9. The fraction of sp³-hybridized carbons (Fsp3) is 0.500. The SMILES string of the molecule is COCCN1C(=O)CCC(N)C1c1ccc(F)cc1Br. The largest absolute Gasteiger partial charge is 0.383 e. The topological polar surface area (TPSA) is 55.6 Å². The second-order valence-electron chi connectivity index (χ2n) is 4.89. The van der Waals surface area contributed by atoms with Crippen LogP contribution in [0.25, 0.3) is 0 Å². The molecule has 6 heteroatoms. The van der Waals surface area contributed by atoms with Gasteiger partial charge < -0.3 is 15.4 Å². The maximum Gasteiger partial charge on any atom is 0.223 e. The first-order chi connectivity index (χ1) is 9.54. The van der Waals surface area contributed by atoms with Crippen molar-refractivity contribution in [2.24, 2.45) is 5.73 Å². The minimum Gasteiger partial charge on any atom is -0.383 e. The Balaban J connectivity index is 2.34. The first-order valence-electron chi connectivity index (χ1n) is 6.53. The second kappa shape index (κ2) is 6.65. The Labute approximate surface area is 126 Å². The van der Waals surface area contributed by atoms with Crippen LogP contribution in [0, 0.1) is 5.82 Å². The molecule has 2 rings (SSSR count). The fourth-order valence-electron chi connectivity index (χ4n) is 2.57. The third-order valence-electron chi connectivity index (χ3n) is 3.57. The van der Waals surface area contributed by atoms with Crippen LogP contribution in [0.5, 0.6) is 0 Å². The van der Waals surface area contributed by atoms with Crippen molar-refractivity contribution in [1.82, 2.24) is 4.90 Å². The van der Waals surface area contributed by atoms with Crippen LogP contribution >= 0.6 is 15.9 Å². The molecule has 0 aromatic heterocycles. The molecule has 0 aliphatic carbocycles. The first kappa shape index (κ1) is 15.4. The predicted molar refractivity (Wildman–Crippen MR) is 77.6 cm³/mol. The molecule has 20 heavy (non-hydrogen) atoms. The van der Waals surface area contributed by atoms with Crippen molar-refractivity contribution >= 4 is 21.8 Å². The van der Waals surface area contributed by atoms with Crippen molar-refractivity contribution < 1.29 is 13.9 Å². The second-order valence-corrected chi connectivity index (χ2v) is 5.75. The minimum absolute atomic E-state index is 0.0602. The normalized spacial score (nSPS) is 23.2. The number of benzene rings is 1. The Morgan fingerprint density at radius 3 is 2.95 bits per heavy atom. The summed E-state index contributed by atoms with van der Waals surface area (Å²) in [4.78, 5) is 13.9. The van der Waals surface area contributed by atoms with Crippen molar-refractivity contribution in [3.8, 4) is 0 Å². The van der Waals surface area contributed by atoms with E-state index in [1.807, 2.05) is 0 Å². The lowest BCUT2D eigenvalue weighted by molar-refractivity contribution is -0.138. The number of hydrogen-bond acceptors (Lipinski definition) is 3. The van der Waals surface area contributed by atoms with Gasteiger partial charge in [-0.2, -0.15) is 0 Å². The van der Waals surface area contributed by atoms with Gasteiger partial charge in [0.15, 0.2) is 0 Å². The number of nitrogens with two attached hydrogens (primary N) is 1. The maximum atomic E-state index is 13.2. The predicted octanol–water partition coefficient (Wildman–Crippen LogP) is 2.23. The molecule has 2 N–H and O–H groups in total. The molecular formula is C14H18BrFN2O2. The van der Waals surface area contributed by atoms with E-state index < -0.39 is 0 Å². The van der Waals surface area contributed by atoms with E-state index in [4.69, 9.17) is 10.5 Å². The summed E-state index contributed by atoms with van der Waals surface area (Å²) in [6.45, 7) is 0.936. The summed E-state index contributed by atoms with van der Waals surface area (Å²) in [7, 11) is 1.59. The van der Waals surface area contributed by atoms with Crippen LogP contribution in [-0.4, -0.2) is 37.1 Å². The Morgan fingerprint density at radius 1 is 1.55 bits per heavy atom. The van der Waals surface area contributed by atoms with Gasteiger partial charge in [-0.25, -0.2) is 4.39 Å². The fourth-order valence-corrected chi connectivity index (χ4v) is 3.16. The van der Waals surface area contributed by atoms with E-state index in [0.717, 1.165) is 5.56 Å². The average molecular weight is 345 g/mol. The highest BCUT2D eigenvalue weighted by Crippen LogP contribution is 2.35. The Morgan fingerprint density at radius 2 is 2.30 bits per heavy atom. The number of halogens is 2. The lowest BCUT2D eigenvalue weighted by Gasteiger charge is -2.40. The quantitative estimate of drug-likeness (QED) is 0.911. The molecule has 1 aliphatic rings. The van der Waals surface area contributed by atoms with Crippen molar-refractivity contribution in [3.05, 3.63) is 34.1 Å². The van der Waals surface area contributed by atoms with Crippen LogP contribution in [0.2, 0.25) is 0 Å². The summed E-state index contributed by atoms with van der Waals surface area (Å²) >= 11 is 3.36. The van der Waals surface area contributed by atoms with Crippen molar-refractivity contribution in [2.45, 2.75) is 24.9 Å². The summed E-state index contributed by atoms with van der Waals surface area (Å²) in [5, 5.41) is 0. The van der Waals surface area contributed by atoms with Crippen LogP contribution in [0.4, 0.5) is 4.39 Å². The van der Waals surface area contributed by atoms with E-state index in [2.05, 4.69) is 15.9 Å². The van der Waals surface area contributed by atoms with E-state index >= 15 is 0 Å². The van der Waals surface area contributed by atoms with Gasteiger partial charge in [-0.15, -0.1) is 0 Å². The highest BCUT2D eigenvalue weighted by molar-refractivity contribution is 9.10. The molecule has 0 saturated carbocycles. The number of carbonyl (C=O) groups is 1. The number of rotatable bonds is 4. The number of likely N-dealkylation sites (tertiary alicyclic amines) is 1. The molecule has 1 aromatic rings. The molecule has 110 valence electrons. The highest BCUT2D eigenvalue weighted by Gasteiger charge is 2.35. The van der Waals surface area contributed by atoms with Gasteiger partial charge in [0, 0.05) is 30.6 Å². The van der Waals surface area contributed by atoms with Crippen LogP contribution in [0.3, 0.4) is 0 Å². The van der Waals surface area contributed by atoms with Crippen molar-refractivity contribution in [3.63, 3.8) is 0 Å². The average Bonchev–Trinajstić information content (AvgIpc) is 2.41. The standard InChI is InChI=1S/C14H18BrFN2O2/c1-20-7-6-18-13(19)5-4-12(17)14(18)10-3-2-9(16)8-11(10)15/h2-3,8,12,14H,4-7,17H2,1H3. The van der Waals surface area contributed by atoms with Gasteiger partial charge in [0.2, 0.25) is 5.91 Å². The number of ether oxygens (including phenoxy) is 1. The number of methoxy groups -OCH3 is 1. The zero-order chi connectivity index (χ0) is 14.7. The Bertz CT molecular complexity index is 498. The van der Waals surface area contributed by atoms with E-state index in [9.17, 15) is 9.18 Å². The molecule has 0 radical (unpaired) electrons. The summed E-state index contributed by atoms with van der Waals surface area (Å²) in [6.07, 6.45) is 1.08. The molecule has 1 saturated heterocycles. The highest BCUT2D eigenvalue weighted by atomic mass is 79.9. The number of carbonyl (C=O) groups excluding carboxylic acids is 1. The van der Waals surface area contributed by atoms with Crippen LogP contribution in [-0.2, 0) is 9.53 Å². The molecule has 2 atom stereocenters. The van der Waals surface area contributed by atoms with Crippen LogP contribution in [0.15, 0.2) is 22.7 Å². The van der Waals surface area contributed by atoms with Crippen molar-refractivity contribution in [1.29, 1.82) is 0 Å². The number of nitrogens with zero attached hydrogens (tertiary/aromatic N) is 1. The van der Waals surface area contributed by atoms with Gasteiger partial charge in [0.1, 0.15) is 5.82 Å². The number of amides is 1. The molecule has 0 spiro atoms. The first-order valence-corrected chi connectivity index (χ1v) is 7.33. The van der Waals surface area contributed by atoms with E-state index in [1.54, 1.807) is 18.1 Å². The van der Waals surface area contributed by atoms with Gasteiger partial charge in [0.05, 0.1) is 12.6 Å². The lowest BCUT2D eigenvalue weighted by Crippen LogP contribution is -2.50. The van der Waals surface area contributed by atoms with Gasteiger partial charge >= 0.3 is 0 Å². The monoisotopic (exact) mass is 344 g/mol. The van der Waals surface area contributed by atoms with Gasteiger partial charge in [0.25, 0.3) is 0 Å². The smallest absolute Gasteiger partial charge is 0.223 e. The number of piperidine rings is 1. The summed E-state index contributed by atoms with van der Waals surface area (Å²) in [5.41, 5.74) is 7.03. The Kier molecular flexibility index (Phi) is 5.12. The van der Waals surface area contributed by atoms with Gasteiger partial charge in [-0.3, -0.25) is 4.79 Å². The van der Waals surface area contributed by atoms with E-state index in [1.165, 1.54) is 12.1 Å². The maximum absolute atomic E-state index is 13.2. The number of hydrogen-bond donors (Lipinski definition) is 1. The summed E-state index contributed by atoms with van der Waals surface area (Å²) in [5.74, 6) is -0.259. The van der Waals surface area contributed by atoms with Gasteiger partial charge in [-0.05, 0) is 24.1 Å². The summed E-state index contributed by atoms with van der Waals surface area (Å²) in [6, 6.07) is 4.06. The molecule has 4 nitrogen and oxygen atoms in total. The molecule has 1 aromatic carbocycles. The molecule has 1 heterocycles. The molecule has 1 amide bonds. The van der Waals surface area contributed by atoms with Crippen LogP contribution < -0.4 is 5.73 Å². The van der Waals surface area contributed by atoms with Crippen molar-refractivity contribution in [2.75, 3.05) is 20.3 Å². The molecular weight excluding hydrogens is 327 g/mol. The lowest BCUT2D eigenvalue weighted by atomic mass is 9.90. The molecule has 1 aliphatic heterocycles. The Hall–Kier alpha value is -0.980. The van der Waals surface area contributed by atoms with E-state index in [0.29, 0.717) is 30.5 Å². The molecule has 0 bridgehead atoms. The minimum atomic E-state index is -0.320. The van der Waals surface area contributed by atoms with Gasteiger partial charge in [-0.1, -0.05) is 22.0 Å². The summed E-state index contributed by atoms with van der Waals surface area (Å²) < 4.78 is 18.9. The molecule has 1 fully saturated rings. The van der Waals surface area contributed by atoms with Crippen LogP contribution in [0.1, 0.15) is 24.4 Å². The van der Waals surface area contributed by atoms with E-state index in [-0.39, 0.29) is 23.8 Å². The third kappa shape index (κ3) is 3.19. The molecule has 2 unspecified atom stereocenters. The zero-order valence-electron chi connectivity index (χ0n) is 11.3. The third-order valence-corrected chi connectivity index (χ3v) is 4.26.